The summed E-state index contributed by atoms with van der Waals surface area (Å²) in [5.74, 6) is -0.199. The normalized spacial score (nSPS) is 13.2. The molecule has 1 aromatic carbocycles. The number of ether oxygens (including phenoxy) is 1. The van der Waals surface area contributed by atoms with Crippen molar-refractivity contribution in [1.82, 2.24) is 0 Å². The number of rotatable bonds is 6. The number of thiophene rings is 1. The molecule has 0 fully saturated rings. The molecule has 1 aliphatic carbocycles. The Hall–Kier alpha value is -3.34. The molecule has 1 amide bonds. The van der Waals surface area contributed by atoms with Crippen LogP contribution in [0, 0.1) is 11.3 Å². The van der Waals surface area contributed by atoms with Crippen molar-refractivity contribution in [1.29, 1.82) is 5.26 Å². The fourth-order valence-corrected chi connectivity index (χ4v) is 5.27. The minimum Gasteiger partial charge on any atom is -0.462 e. The van der Waals surface area contributed by atoms with Crippen LogP contribution in [0.15, 0.2) is 46.4 Å². The van der Waals surface area contributed by atoms with E-state index in [2.05, 4.69) is 5.32 Å². The summed E-state index contributed by atoms with van der Waals surface area (Å²) in [5, 5.41) is 13.3. The molecule has 6 nitrogen and oxygen atoms in total. The van der Waals surface area contributed by atoms with Crippen molar-refractivity contribution < 1.29 is 18.7 Å². The van der Waals surface area contributed by atoms with Gasteiger partial charge in [0.2, 0.25) is 0 Å². The molecular formula is C25H21ClN2O4S. The molecule has 0 bridgehead atoms. The average Bonchev–Trinajstić information content (AvgIpc) is 3.42. The van der Waals surface area contributed by atoms with Crippen LogP contribution in [0.25, 0.3) is 17.4 Å². The first kappa shape index (κ1) is 22.8. The van der Waals surface area contributed by atoms with E-state index >= 15 is 0 Å². The van der Waals surface area contributed by atoms with Crippen LogP contribution >= 0.6 is 22.9 Å². The van der Waals surface area contributed by atoms with Crippen molar-refractivity contribution in [3.8, 4) is 17.4 Å². The molecule has 3 aromatic rings. The zero-order valence-electron chi connectivity index (χ0n) is 17.9. The number of nitrogens with one attached hydrogen (secondary N) is 1. The zero-order chi connectivity index (χ0) is 23.4. The molecule has 33 heavy (non-hydrogen) atoms. The Morgan fingerprint density at radius 2 is 2.03 bits per heavy atom. The van der Waals surface area contributed by atoms with E-state index in [1.165, 1.54) is 17.4 Å². The Labute approximate surface area is 200 Å². The van der Waals surface area contributed by atoms with Crippen molar-refractivity contribution in [3.05, 3.63) is 68.8 Å². The van der Waals surface area contributed by atoms with Crippen LogP contribution in [0.3, 0.4) is 0 Å². The number of aryl methyl sites for hydroxylation is 1. The predicted molar refractivity (Wildman–Crippen MR) is 128 cm³/mol. The Morgan fingerprint density at radius 1 is 1.24 bits per heavy atom. The molecule has 0 unspecified atom stereocenters. The second-order valence-corrected chi connectivity index (χ2v) is 8.95. The highest BCUT2D eigenvalue weighted by Crippen LogP contribution is 2.39. The summed E-state index contributed by atoms with van der Waals surface area (Å²) in [7, 11) is 0. The van der Waals surface area contributed by atoms with Gasteiger partial charge in [0.05, 0.1) is 17.2 Å². The average molecular weight is 481 g/mol. The number of hydrogen-bond acceptors (Lipinski definition) is 6. The van der Waals surface area contributed by atoms with E-state index in [-0.39, 0.29) is 12.2 Å². The Balaban J connectivity index is 1.60. The molecule has 0 saturated heterocycles. The molecule has 4 rings (SSSR count). The fourth-order valence-electron chi connectivity index (χ4n) is 3.77. The first-order valence-corrected chi connectivity index (χ1v) is 11.8. The Kier molecular flexibility index (Phi) is 6.97. The van der Waals surface area contributed by atoms with Crippen molar-refractivity contribution >= 4 is 45.9 Å². The Bertz CT molecular complexity index is 1280. The molecule has 0 radical (unpaired) electrons. The number of hydrogen-bond donors (Lipinski definition) is 1. The number of benzene rings is 1. The van der Waals surface area contributed by atoms with E-state index in [1.807, 2.05) is 24.3 Å². The maximum atomic E-state index is 12.9. The van der Waals surface area contributed by atoms with Gasteiger partial charge < -0.3 is 14.5 Å². The van der Waals surface area contributed by atoms with Gasteiger partial charge in [-0.1, -0.05) is 23.7 Å². The number of fused-ring (bicyclic) bond motifs is 1. The topological polar surface area (TPSA) is 92.3 Å². The summed E-state index contributed by atoms with van der Waals surface area (Å²) in [4.78, 5) is 26.6. The summed E-state index contributed by atoms with van der Waals surface area (Å²) in [6.07, 6.45) is 5.03. The third-order valence-corrected chi connectivity index (χ3v) is 6.83. The predicted octanol–water partition coefficient (Wildman–Crippen LogP) is 6.26. The van der Waals surface area contributed by atoms with Gasteiger partial charge in [-0.2, -0.15) is 5.26 Å². The minimum atomic E-state index is -0.614. The summed E-state index contributed by atoms with van der Waals surface area (Å²) in [5.41, 5.74) is 1.92. The second kappa shape index (κ2) is 10.1. The number of carbonyl (C=O) groups is 2. The standard InChI is InChI=1S/C25H21ClN2O4S/c1-2-31-25(30)22-18-8-4-6-10-21(18)33-24(22)28-23(29)15(14-27)13-16-11-12-20(32-16)17-7-3-5-9-19(17)26/h3,5,7,9,11-13H,2,4,6,8,10H2,1H3,(H,28,29)/b15-13+. The van der Waals surface area contributed by atoms with Crippen molar-refractivity contribution in [3.63, 3.8) is 0 Å². The number of esters is 1. The number of carbonyl (C=O) groups excluding carboxylic acids is 2. The molecule has 1 N–H and O–H groups in total. The van der Waals surface area contributed by atoms with Crippen LogP contribution in [0.4, 0.5) is 5.00 Å². The molecule has 2 aromatic heterocycles. The first-order valence-electron chi connectivity index (χ1n) is 10.6. The van der Waals surface area contributed by atoms with E-state index < -0.39 is 11.9 Å². The lowest BCUT2D eigenvalue weighted by atomic mass is 9.95. The maximum Gasteiger partial charge on any atom is 0.341 e. The van der Waals surface area contributed by atoms with Gasteiger partial charge >= 0.3 is 5.97 Å². The number of anilines is 1. The van der Waals surface area contributed by atoms with Crippen LogP contribution in [-0.2, 0) is 22.4 Å². The third kappa shape index (κ3) is 4.87. The van der Waals surface area contributed by atoms with E-state index in [0.29, 0.717) is 32.7 Å². The van der Waals surface area contributed by atoms with Crippen LogP contribution in [-0.4, -0.2) is 18.5 Å². The van der Waals surface area contributed by atoms with E-state index in [4.69, 9.17) is 20.8 Å². The Morgan fingerprint density at radius 3 is 2.79 bits per heavy atom. The van der Waals surface area contributed by atoms with E-state index in [9.17, 15) is 14.9 Å². The molecule has 0 aliphatic heterocycles. The van der Waals surface area contributed by atoms with Gasteiger partial charge in [0.25, 0.3) is 5.91 Å². The molecule has 8 heteroatoms. The van der Waals surface area contributed by atoms with Gasteiger partial charge in [0.15, 0.2) is 0 Å². The van der Waals surface area contributed by atoms with Crippen molar-refractivity contribution in [2.24, 2.45) is 0 Å². The molecule has 0 spiro atoms. The van der Waals surface area contributed by atoms with Gasteiger partial charge in [-0.25, -0.2) is 4.79 Å². The fraction of sp³-hybridized carbons (Fsp3) is 0.240. The van der Waals surface area contributed by atoms with Crippen LogP contribution in [0.2, 0.25) is 5.02 Å². The second-order valence-electron chi connectivity index (χ2n) is 7.44. The molecule has 0 atom stereocenters. The van der Waals surface area contributed by atoms with Crippen LogP contribution < -0.4 is 5.32 Å². The lowest BCUT2D eigenvalue weighted by Gasteiger charge is -2.12. The van der Waals surface area contributed by atoms with Crippen LogP contribution in [0.5, 0.6) is 0 Å². The van der Waals surface area contributed by atoms with Crippen LogP contribution in [0.1, 0.15) is 46.3 Å². The van der Waals surface area contributed by atoms with Gasteiger partial charge in [-0.3, -0.25) is 4.79 Å². The maximum absolute atomic E-state index is 12.9. The highest BCUT2D eigenvalue weighted by Gasteiger charge is 2.28. The molecule has 0 saturated carbocycles. The van der Waals surface area contributed by atoms with Gasteiger partial charge in [0.1, 0.15) is 28.2 Å². The van der Waals surface area contributed by atoms with Gasteiger partial charge in [-0.05, 0) is 62.4 Å². The molecule has 168 valence electrons. The van der Waals surface area contributed by atoms with Crippen molar-refractivity contribution in [2.75, 3.05) is 11.9 Å². The summed E-state index contributed by atoms with van der Waals surface area (Å²) < 4.78 is 11.0. The number of halogens is 1. The lowest BCUT2D eigenvalue weighted by Crippen LogP contribution is -2.16. The highest BCUT2D eigenvalue weighted by atomic mass is 35.5. The summed E-state index contributed by atoms with van der Waals surface area (Å²) in [6, 6.07) is 12.5. The van der Waals surface area contributed by atoms with Crippen molar-refractivity contribution in [2.45, 2.75) is 32.6 Å². The summed E-state index contributed by atoms with van der Waals surface area (Å²) >= 11 is 7.59. The highest BCUT2D eigenvalue weighted by molar-refractivity contribution is 7.17. The number of amides is 1. The molecule has 2 heterocycles. The molecular weight excluding hydrogens is 460 g/mol. The third-order valence-electron chi connectivity index (χ3n) is 5.30. The largest absolute Gasteiger partial charge is 0.462 e. The monoisotopic (exact) mass is 480 g/mol. The summed E-state index contributed by atoms with van der Waals surface area (Å²) in [6.45, 7) is 1.98. The zero-order valence-corrected chi connectivity index (χ0v) is 19.5. The molecule has 1 aliphatic rings. The smallest absolute Gasteiger partial charge is 0.341 e. The number of furan rings is 1. The minimum absolute atomic E-state index is 0.142. The van der Waals surface area contributed by atoms with Gasteiger partial charge in [-0.15, -0.1) is 11.3 Å². The number of nitrogens with zero attached hydrogens (tertiary/aromatic N) is 1. The lowest BCUT2D eigenvalue weighted by molar-refractivity contribution is -0.112. The quantitative estimate of drug-likeness (QED) is 0.255. The van der Waals surface area contributed by atoms with E-state index in [0.717, 1.165) is 36.1 Å². The van der Waals surface area contributed by atoms with E-state index in [1.54, 1.807) is 25.1 Å². The SMILES string of the molecule is CCOC(=O)c1c(NC(=O)/C(C#N)=C/c2ccc(-c3ccccc3Cl)o2)sc2c1CCCC2. The first-order chi connectivity index (χ1) is 16.0. The number of nitriles is 1. The van der Waals surface area contributed by atoms with Gasteiger partial charge in [0, 0.05) is 16.5 Å².